The van der Waals surface area contributed by atoms with Crippen LogP contribution in [0.4, 0.5) is 0 Å². The quantitative estimate of drug-likeness (QED) is 0.408. The zero-order valence-electron chi connectivity index (χ0n) is 18.0. The Balaban J connectivity index is 1.68. The highest BCUT2D eigenvalue weighted by Gasteiger charge is 2.17. The fourth-order valence-corrected chi connectivity index (χ4v) is 3.64. The minimum absolute atomic E-state index is 0.0373. The molecule has 1 unspecified atom stereocenters. The Bertz CT molecular complexity index is 644. The van der Waals surface area contributed by atoms with Gasteiger partial charge in [-0.05, 0) is 56.8 Å². The second-order valence-corrected chi connectivity index (χ2v) is 7.81. The summed E-state index contributed by atoms with van der Waals surface area (Å²) >= 11 is 0. The second kappa shape index (κ2) is 11.7. The number of piperidine rings is 1. The molecule has 0 aromatic heterocycles. The Morgan fingerprint density at radius 3 is 2.75 bits per heavy atom. The number of benzene rings is 1. The third-order valence-electron chi connectivity index (χ3n) is 5.36. The first kappa shape index (κ1) is 22.2. The molecular formula is C22H37N5O. The summed E-state index contributed by atoms with van der Waals surface area (Å²) in [6, 6.07) is 8.56. The van der Waals surface area contributed by atoms with E-state index in [0.29, 0.717) is 0 Å². The first-order valence-corrected chi connectivity index (χ1v) is 10.5. The molecule has 0 saturated carbocycles. The van der Waals surface area contributed by atoms with Crippen LogP contribution in [0.3, 0.4) is 0 Å². The summed E-state index contributed by atoms with van der Waals surface area (Å²) in [5.74, 6) is 0.877. The van der Waals surface area contributed by atoms with Gasteiger partial charge in [-0.1, -0.05) is 18.6 Å². The molecule has 0 radical (unpaired) electrons. The topological polar surface area (TPSA) is 60.0 Å². The van der Waals surface area contributed by atoms with Gasteiger partial charge in [-0.3, -0.25) is 9.79 Å². The monoisotopic (exact) mass is 387 g/mol. The maximum Gasteiger partial charge on any atom is 0.253 e. The lowest BCUT2D eigenvalue weighted by molar-refractivity contribution is 0.0827. The smallest absolute Gasteiger partial charge is 0.253 e. The van der Waals surface area contributed by atoms with Gasteiger partial charge in [0.25, 0.3) is 5.91 Å². The van der Waals surface area contributed by atoms with E-state index in [1.165, 1.54) is 25.8 Å². The molecule has 1 aliphatic heterocycles. The summed E-state index contributed by atoms with van der Waals surface area (Å²) < 4.78 is 0. The van der Waals surface area contributed by atoms with Crippen molar-refractivity contribution < 1.29 is 4.79 Å². The van der Waals surface area contributed by atoms with Crippen LogP contribution < -0.4 is 10.6 Å². The molecule has 0 bridgehead atoms. The summed E-state index contributed by atoms with van der Waals surface area (Å²) in [6.07, 6.45) is 6.01. The van der Waals surface area contributed by atoms with Crippen LogP contribution in [-0.4, -0.2) is 75.0 Å². The summed E-state index contributed by atoms with van der Waals surface area (Å²) in [5, 5.41) is 6.77. The summed E-state index contributed by atoms with van der Waals surface area (Å²) in [5.41, 5.74) is 1.88. The Morgan fingerprint density at radius 2 is 2.04 bits per heavy atom. The SMILES string of the molecule is CN=C(NCCCN1CCCCC1C)NCCc1cccc(C(=O)N(C)C)c1. The lowest BCUT2D eigenvalue weighted by Crippen LogP contribution is -2.41. The van der Waals surface area contributed by atoms with Gasteiger partial charge in [0.05, 0.1) is 0 Å². The van der Waals surface area contributed by atoms with Gasteiger partial charge in [-0.15, -0.1) is 0 Å². The van der Waals surface area contributed by atoms with Gasteiger partial charge in [-0.2, -0.15) is 0 Å². The highest BCUT2D eigenvalue weighted by atomic mass is 16.2. The van der Waals surface area contributed by atoms with E-state index >= 15 is 0 Å². The number of carbonyl (C=O) groups is 1. The van der Waals surface area contributed by atoms with E-state index in [9.17, 15) is 4.79 Å². The van der Waals surface area contributed by atoms with Crippen molar-refractivity contribution in [3.8, 4) is 0 Å². The van der Waals surface area contributed by atoms with Gasteiger partial charge in [0.15, 0.2) is 5.96 Å². The van der Waals surface area contributed by atoms with Crippen LogP contribution in [0.25, 0.3) is 0 Å². The van der Waals surface area contributed by atoms with Crippen LogP contribution in [0.1, 0.15) is 48.5 Å². The molecule has 6 heteroatoms. The first-order valence-electron chi connectivity index (χ1n) is 10.5. The molecule has 1 amide bonds. The molecule has 1 atom stereocenters. The molecule has 1 aromatic carbocycles. The minimum atomic E-state index is 0.0373. The van der Waals surface area contributed by atoms with E-state index in [1.54, 1.807) is 26.0 Å². The van der Waals surface area contributed by atoms with Crippen molar-refractivity contribution in [2.75, 3.05) is 47.3 Å². The van der Waals surface area contributed by atoms with Gasteiger partial charge in [0.2, 0.25) is 0 Å². The largest absolute Gasteiger partial charge is 0.356 e. The van der Waals surface area contributed by atoms with E-state index in [-0.39, 0.29) is 5.91 Å². The molecule has 0 aliphatic carbocycles. The molecule has 28 heavy (non-hydrogen) atoms. The van der Waals surface area contributed by atoms with Gasteiger partial charge in [0, 0.05) is 52.4 Å². The van der Waals surface area contributed by atoms with Gasteiger partial charge >= 0.3 is 0 Å². The number of nitrogens with zero attached hydrogens (tertiary/aromatic N) is 3. The second-order valence-electron chi connectivity index (χ2n) is 7.81. The molecule has 1 aromatic rings. The van der Waals surface area contributed by atoms with Crippen molar-refractivity contribution in [3.63, 3.8) is 0 Å². The van der Waals surface area contributed by atoms with Crippen LogP contribution in [0.2, 0.25) is 0 Å². The average molecular weight is 388 g/mol. The van der Waals surface area contributed by atoms with Crippen molar-refractivity contribution in [1.82, 2.24) is 20.4 Å². The number of amides is 1. The Kier molecular flexibility index (Phi) is 9.28. The fraction of sp³-hybridized carbons (Fsp3) is 0.636. The number of rotatable bonds is 8. The Labute approximate surface area is 170 Å². The van der Waals surface area contributed by atoms with Crippen molar-refractivity contribution >= 4 is 11.9 Å². The van der Waals surface area contributed by atoms with E-state index in [1.807, 2.05) is 18.2 Å². The molecule has 156 valence electrons. The zero-order valence-corrected chi connectivity index (χ0v) is 18.0. The Morgan fingerprint density at radius 1 is 1.25 bits per heavy atom. The van der Waals surface area contributed by atoms with Crippen molar-refractivity contribution in [1.29, 1.82) is 0 Å². The highest BCUT2D eigenvalue weighted by molar-refractivity contribution is 5.94. The van der Waals surface area contributed by atoms with Crippen molar-refractivity contribution in [3.05, 3.63) is 35.4 Å². The number of likely N-dealkylation sites (tertiary alicyclic amines) is 1. The highest BCUT2D eigenvalue weighted by Crippen LogP contribution is 2.16. The lowest BCUT2D eigenvalue weighted by Gasteiger charge is -2.33. The number of hydrogen-bond acceptors (Lipinski definition) is 3. The number of guanidine groups is 1. The molecule has 1 saturated heterocycles. The van der Waals surface area contributed by atoms with Crippen LogP contribution in [0.5, 0.6) is 0 Å². The standard InChI is InChI=1S/C22H37N5O/c1-18-9-5-6-15-27(18)16-8-13-24-22(23-2)25-14-12-19-10-7-11-20(17-19)21(28)26(3)4/h7,10-11,17-18H,5-6,8-9,12-16H2,1-4H3,(H2,23,24,25). The molecule has 0 spiro atoms. The van der Waals surface area contributed by atoms with E-state index in [4.69, 9.17) is 0 Å². The van der Waals surface area contributed by atoms with Crippen LogP contribution in [-0.2, 0) is 6.42 Å². The molecule has 2 N–H and O–H groups in total. The molecule has 1 heterocycles. The van der Waals surface area contributed by atoms with Crippen LogP contribution in [0, 0.1) is 0 Å². The lowest BCUT2D eigenvalue weighted by atomic mass is 10.0. The van der Waals surface area contributed by atoms with Crippen LogP contribution in [0.15, 0.2) is 29.3 Å². The maximum absolute atomic E-state index is 12.1. The number of carbonyl (C=O) groups excluding carboxylic acids is 1. The number of nitrogens with one attached hydrogen (secondary N) is 2. The van der Waals surface area contributed by atoms with E-state index in [2.05, 4.69) is 33.5 Å². The normalized spacial score (nSPS) is 18.0. The minimum Gasteiger partial charge on any atom is -0.356 e. The third kappa shape index (κ3) is 7.15. The predicted octanol–water partition coefficient (Wildman–Crippen LogP) is 2.36. The molecule has 1 aliphatic rings. The van der Waals surface area contributed by atoms with Gasteiger partial charge in [0.1, 0.15) is 0 Å². The molecule has 2 rings (SSSR count). The maximum atomic E-state index is 12.1. The molecule has 1 fully saturated rings. The van der Waals surface area contributed by atoms with E-state index < -0.39 is 0 Å². The molecular weight excluding hydrogens is 350 g/mol. The fourth-order valence-electron chi connectivity index (χ4n) is 3.64. The molecule has 6 nitrogen and oxygen atoms in total. The Hall–Kier alpha value is -2.08. The zero-order chi connectivity index (χ0) is 20.4. The first-order chi connectivity index (χ1) is 13.5. The summed E-state index contributed by atoms with van der Waals surface area (Å²) in [6.45, 7) is 6.44. The third-order valence-corrected chi connectivity index (χ3v) is 5.36. The number of aliphatic imine (C=N–C) groups is 1. The van der Waals surface area contributed by atoms with Gasteiger partial charge in [-0.25, -0.2) is 0 Å². The summed E-state index contributed by atoms with van der Waals surface area (Å²) in [4.78, 5) is 20.6. The predicted molar refractivity (Wildman–Crippen MR) is 117 cm³/mol. The van der Waals surface area contributed by atoms with Crippen molar-refractivity contribution in [2.45, 2.75) is 45.1 Å². The van der Waals surface area contributed by atoms with Crippen LogP contribution >= 0.6 is 0 Å². The summed E-state index contributed by atoms with van der Waals surface area (Å²) in [7, 11) is 5.36. The number of hydrogen-bond donors (Lipinski definition) is 2. The van der Waals surface area contributed by atoms with Gasteiger partial charge < -0.3 is 20.4 Å². The average Bonchev–Trinajstić information content (AvgIpc) is 2.70. The van der Waals surface area contributed by atoms with E-state index in [0.717, 1.165) is 55.6 Å². The van der Waals surface area contributed by atoms with Crippen molar-refractivity contribution in [2.24, 2.45) is 4.99 Å².